The molecular formula is C16H12N6O7. The average Bonchev–Trinajstić information content (AvgIpc) is 3.33. The molecule has 2 aromatic heterocycles. The topological polar surface area (TPSA) is 179 Å². The molecule has 0 unspecified atom stereocenters. The van der Waals surface area contributed by atoms with Gasteiger partial charge in [-0.15, -0.1) is 0 Å². The summed E-state index contributed by atoms with van der Waals surface area (Å²) in [6, 6.07) is 6.24. The highest BCUT2D eigenvalue weighted by molar-refractivity contribution is 5.92. The Morgan fingerprint density at radius 2 is 2.00 bits per heavy atom. The van der Waals surface area contributed by atoms with E-state index in [4.69, 9.17) is 4.42 Å². The van der Waals surface area contributed by atoms with Crippen molar-refractivity contribution in [2.45, 2.75) is 6.54 Å². The van der Waals surface area contributed by atoms with Crippen LogP contribution in [-0.2, 0) is 6.54 Å². The van der Waals surface area contributed by atoms with Gasteiger partial charge in [0.1, 0.15) is 23.9 Å². The number of non-ortho nitro benzene ring substituents is 1. The lowest BCUT2D eigenvalue weighted by Crippen LogP contribution is -2.16. The van der Waals surface area contributed by atoms with Crippen LogP contribution in [0.25, 0.3) is 0 Å². The molecule has 2 heterocycles. The zero-order chi connectivity index (χ0) is 21.0. The number of nitro benzene ring substituents is 1. The Morgan fingerprint density at radius 3 is 2.69 bits per heavy atom. The fraction of sp³-hybridized carbons (Fsp3) is 0.0625. The van der Waals surface area contributed by atoms with E-state index < -0.39 is 15.8 Å². The number of rotatable bonds is 7. The Bertz CT molecular complexity index is 1120. The van der Waals surface area contributed by atoms with Gasteiger partial charge in [-0.2, -0.15) is 10.2 Å². The summed E-state index contributed by atoms with van der Waals surface area (Å²) in [5.41, 5.74) is 1.79. The van der Waals surface area contributed by atoms with Crippen LogP contribution < -0.4 is 5.43 Å². The highest BCUT2D eigenvalue weighted by Crippen LogP contribution is 2.21. The van der Waals surface area contributed by atoms with E-state index in [-0.39, 0.29) is 35.0 Å². The van der Waals surface area contributed by atoms with Crippen LogP contribution in [0.4, 0.5) is 11.4 Å². The third-order valence-electron chi connectivity index (χ3n) is 3.63. The molecule has 13 heteroatoms. The number of nitro groups is 2. The van der Waals surface area contributed by atoms with Gasteiger partial charge in [0, 0.05) is 17.7 Å². The van der Waals surface area contributed by atoms with E-state index in [0.717, 1.165) is 30.6 Å². The fourth-order valence-electron chi connectivity index (χ4n) is 2.25. The van der Waals surface area contributed by atoms with Crippen LogP contribution in [0.15, 0.2) is 52.2 Å². The number of hydrazone groups is 1. The Hall–Kier alpha value is -4.55. The van der Waals surface area contributed by atoms with Crippen molar-refractivity contribution in [2.75, 3.05) is 0 Å². The van der Waals surface area contributed by atoms with E-state index >= 15 is 0 Å². The van der Waals surface area contributed by atoms with Gasteiger partial charge in [-0.25, -0.2) is 5.43 Å². The van der Waals surface area contributed by atoms with Gasteiger partial charge in [-0.1, -0.05) is 0 Å². The summed E-state index contributed by atoms with van der Waals surface area (Å²) in [6.45, 7) is 0.0753. The average molecular weight is 400 g/mol. The van der Waals surface area contributed by atoms with Crippen LogP contribution in [0.3, 0.4) is 0 Å². The molecule has 0 aliphatic carbocycles. The third kappa shape index (κ3) is 4.60. The highest BCUT2D eigenvalue weighted by Gasteiger charge is 2.14. The second-order valence-corrected chi connectivity index (χ2v) is 5.62. The lowest BCUT2D eigenvalue weighted by atomic mass is 10.2. The number of phenolic OH excluding ortho intramolecular Hbond substituents is 1. The molecule has 0 radical (unpaired) electrons. The van der Waals surface area contributed by atoms with Crippen LogP contribution in [0, 0.1) is 20.2 Å². The number of aromatic nitrogens is 2. The number of hydrogen-bond donors (Lipinski definition) is 2. The molecule has 13 nitrogen and oxygen atoms in total. The zero-order valence-electron chi connectivity index (χ0n) is 14.5. The Labute approximate surface area is 161 Å². The van der Waals surface area contributed by atoms with Crippen molar-refractivity contribution in [3.05, 3.63) is 80.0 Å². The molecular weight excluding hydrogens is 388 g/mol. The fourth-order valence-corrected chi connectivity index (χ4v) is 2.25. The van der Waals surface area contributed by atoms with Crippen LogP contribution in [-0.4, -0.2) is 36.9 Å². The molecule has 0 bridgehead atoms. The first-order valence-electron chi connectivity index (χ1n) is 7.90. The lowest BCUT2D eigenvalue weighted by Gasteiger charge is -1.99. The SMILES string of the molecule is O=C(N/N=C/c1cc([N+](=O)[O-])ccc1O)c1ccc(Cn2cc([N+](=O)[O-])cn2)o1. The van der Waals surface area contributed by atoms with E-state index in [1.165, 1.54) is 23.0 Å². The quantitative estimate of drug-likeness (QED) is 0.342. The number of carbonyl (C=O) groups is 1. The Balaban J connectivity index is 1.63. The predicted octanol–water partition coefficient (Wildman–Crippen LogP) is 1.81. The van der Waals surface area contributed by atoms with Crippen LogP contribution in [0.5, 0.6) is 5.75 Å². The van der Waals surface area contributed by atoms with E-state index in [1.54, 1.807) is 0 Å². The molecule has 0 atom stereocenters. The van der Waals surface area contributed by atoms with Gasteiger partial charge < -0.3 is 9.52 Å². The zero-order valence-corrected chi connectivity index (χ0v) is 14.5. The van der Waals surface area contributed by atoms with Crippen molar-refractivity contribution < 1.29 is 24.2 Å². The molecule has 2 N–H and O–H groups in total. The minimum absolute atomic E-state index is 0.0416. The molecule has 1 amide bonds. The maximum atomic E-state index is 12.1. The third-order valence-corrected chi connectivity index (χ3v) is 3.63. The molecule has 1 aromatic carbocycles. The molecule has 0 aliphatic rings. The standard InChI is InChI=1S/C16H12N6O7/c23-14-3-1-11(21(25)26)5-10(14)6-17-19-16(24)15-4-2-13(29-15)9-20-8-12(7-18-20)22(27)28/h1-8,23H,9H2,(H,19,24)/b17-6+. The minimum atomic E-state index is -0.705. The van der Waals surface area contributed by atoms with E-state index in [2.05, 4.69) is 15.6 Å². The Kier molecular flexibility index (Phi) is 5.30. The van der Waals surface area contributed by atoms with Gasteiger partial charge >= 0.3 is 11.6 Å². The second kappa shape index (κ2) is 7.99. The van der Waals surface area contributed by atoms with Crippen molar-refractivity contribution in [2.24, 2.45) is 5.10 Å². The van der Waals surface area contributed by atoms with Gasteiger partial charge in [-0.3, -0.25) is 29.7 Å². The van der Waals surface area contributed by atoms with Crippen molar-refractivity contribution in [1.29, 1.82) is 0 Å². The van der Waals surface area contributed by atoms with Crippen LogP contribution in [0.1, 0.15) is 21.9 Å². The van der Waals surface area contributed by atoms with E-state index in [0.29, 0.717) is 5.76 Å². The minimum Gasteiger partial charge on any atom is -0.507 e. The molecule has 3 aromatic rings. The summed E-state index contributed by atoms with van der Waals surface area (Å²) in [5, 5.41) is 38.5. The molecule has 0 saturated carbocycles. The first kappa shape index (κ1) is 19.2. The van der Waals surface area contributed by atoms with E-state index in [9.17, 15) is 30.1 Å². The van der Waals surface area contributed by atoms with Crippen molar-refractivity contribution in [3.8, 4) is 5.75 Å². The maximum Gasteiger partial charge on any atom is 0.307 e. The number of nitrogens with zero attached hydrogens (tertiary/aromatic N) is 5. The van der Waals surface area contributed by atoms with Gasteiger partial charge in [0.05, 0.1) is 22.6 Å². The number of hydrogen-bond acceptors (Lipinski definition) is 9. The summed E-state index contributed by atoms with van der Waals surface area (Å²) in [4.78, 5) is 32.2. The van der Waals surface area contributed by atoms with Gasteiger partial charge in [0.2, 0.25) is 0 Å². The first-order valence-corrected chi connectivity index (χ1v) is 7.90. The second-order valence-electron chi connectivity index (χ2n) is 5.62. The summed E-state index contributed by atoms with van der Waals surface area (Å²) in [5.74, 6) is -0.707. The number of aromatic hydroxyl groups is 1. The molecule has 0 aliphatic heterocycles. The monoisotopic (exact) mass is 400 g/mol. The number of benzene rings is 1. The van der Waals surface area contributed by atoms with Gasteiger partial charge in [0.15, 0.2) is 5.76 Å². The van der Waals surface area contributed by atoms with Gasteiger partial charge in [-0.05, 0) is 18.2 Å². The Morgan fingerprint density at radius 1 is 1.24 bits per heavy atom. The van der Waals surface area contributed by atoms with Crippen LogP contribution in [0.2, 0.25) is 0 Å². The predicted molar refractivity (Wildman–Crippen MR) is 96.5 cm³/mol. The number of amides is 1. The maximum absolute atomic E-state index is 12.1. The summed E-state index contributed by atoms with van der Waals surface area (Å²) < 4.78 is 6.62. The van der Waals surface area contributed by atoms with Crippen molar-refractivity contribution in [1.82, 2.24) is 15.2 Å². The summed E-state index contributed by atoms with van der Waals surface area (Å²) in [7, 11) is 0. The molecule has 3 rings (SSSR count). The highest BCUT2D eigenvalue weighted by atomic mass is 16.6. The smallest absolute Gasteiger partial charge is 0.307 e. The van der Waals surface area contributed by atoms with Crippen molar-refractivity contribution in [3.63, 3.8) is 0 Å². The van der Waals surface area contributed by atoms with Crippen LogP contribution >= 0.6 is 0 Å². The normalized spacial score (nSPS) is 10.9. The van der Waals surface area contributed by atoms with Crippen molar-refractivity contribution >= 4 is 23.5 Å². The first-order chi connectivity index (χ1) is 13.8. The largest absolute Gasteiger partial charge is 0.507 e. The van der Waals surface area contributed by atoms with Gasteiger partial charge in [0.25, 0.3) is 5.69 Å². The summed E-state index contributed by atoms with van der Waals surface area (Å²) in [6.07, 6.45) is 3.36. The number of nitrogens with one attached hydrogen (secondary N) is 1. The number of phenols is 1. The molecule has 29 heavy (non-hydrogen) atoms. The molecule has 0 saturated heterocycles. The number of furan rings is 1. The molecule has 148 valence electrons. The summed E-state index contributed by atoms with van der Waals surface area (Å²) >= 11 is 0. The molecule has 0 spiro atoms. The number of carbonyl (C=O) groups excluding carboxylic acids is 1. The van der Waals surface area contributed by atoms with E-state index in [1.807, 2.05) is 0 Å². The lowest BCUT2D eigenvalue weighted by molar-refractivity contribution is -0.385. The molecule has 0 fully saturated rings.